The maximum absolute atomic E-state index is 12.6. The van der Waals surface area contributed by atoms with Gasteiger partial charge in [-0.25, -0.2) is 0 Å². The molecule has 1 amide bonds. The third-order valence-electron chi connectivity index (χ3n) is 5.88. The Morgan fingerprint density at radius 3 is 2.81 bits per heavy atom. The van der Waals surface area contributed by atoms with Crippen LogP contribution >= 0.6 is 11.8 Å². The molecule has 1 aromatic carbocycles. The summed E-state index contributed by atoms with van der Waals surface area (Å²) < 4.78 is 12.9. The first kappa shape index (κ1) is 22.0. The van der Waals surface area contributed by atoms with Gasteiger partial charge in [-0.1, -0.05) is 37.1 Å². The minimum absolute atomic E-state index is 0.141. The summed E-state index contributed by atoms with van der Waals surface area (Å²) in [4.78, 5) is 14.5. The molecular formula is C22H31N5O3S. The van der Waals surface area contributed by atoms with Crippen LogP contribution in [0.25, 0.3) is 0 Å². The molecule has 8 nitrogen and oxygen atoms in total. The average molecular weight is 446 g/mol. The first-order chi connectivity index (χ1) is 15.2. The number of nitrogens with one attached hydrogen (secondary N) is 1. The highest BCUT2D eigenvalue weighted by molar-refractivity contribution is 7.99. The van der Waals surface area contributed by atoms with E-state index in [-0.39, 0.29) is 5.91 Å². The maximum atomic E-state index is 12.6. The largest absolute Gasteiger partial charge is 0.497 e. The number of thioether (sulfide) groups is 1. The summed E-state index contributed by atoms with van der Waals surface area (Å²) in [6, 6.07) is 8.27. The van der Waals surface area contributed by atoms with Gasteiger partial charge in [-0.15, -0.1) is 10.2 Å². The third-order valence-corrected chi connectivity index (χ3v) is 6.81. The van der Waals surface area contributed by atoms with E-state index in [2.05, 4.69) is 20.1 Å². The molecule has 0 spiro atoms. The Morgan fingerprint density at radius 1 is 1.23 bits per heavy atom. The smallest absolute Gasteiger partial charge is 0.233 e. The number of carbonyl (C=O) groups excluding carboxylic acids is 1. The number of aromatic nitrogens is 3. The molecule has 1 aliphatic carbocycles. The number of morpholine rings is 1. The van der Waals surface area contributed by atoms with Crippen molar-refractivity contribution in [2.45, 2.75) is 49.8 Å². The number of carbonyl (C=O) groups is 1. The molecule has 0 bridgehead atoms. The number of ether oxygens (including phenoxy) is 2. The molecule has 168 valence electrons. The number of rotatable bonds is 8. The van der Waals surface area contributed by atoms with E-state index in [9.17, 15) is 4.79 Å². The maximum Gasteiger partial charge on any atom is 0.233 e. The molecule has 0 unspecified atom stereocenters. The van der Waals surface area contributed by atoms with Gasteiger partial charge in [0.25, 0.3) is 0 Å². The minimum atomic E-state index is 0.141. The van der Waals surface area contributed by atoms with Crippen molar-refractivity contribution in [3.63, 3.8) is 0 Å². The molecule has 1 saturated carbocycles. The second-order valence-corrected chi connectivity index (χ2v) is 8.87. The highest BCUT2D eigenvalue weighted by Crippen LogP contribution is 2.33. The molecule has 2 aromatic rings. The van der Waals surface area contributed by atoms with E-state index < -0.39 is 0 Å². The highest BCUT2D eigenvalue weighted by Gasteiger charge is 2.24. The van der Waals surface area contributed by atoms with Gasteiger partial charge in [0.2, 0.25) is 5.91 Å². The van der Waals surface area contributed by atoms with E-state index in [4.69, 9.17) is 9.47 Å². The number of benzene rings is 1. The Balaban J connectivity index is 1.45. The van der Waals surface area contributed by atoms with Crippen LogP contribution in [0.1, 0.15) is 44.0 Å². The Kier molecular flexibility index (Phi) is 7.69. The van der Waals surface area contributed by atoms with Crippen LogP contribution in [0.15, 0.2) is 29.4 Å². The number of nitrogens with zero attached hydrogens (tertiary/aromatic N) is 4. The van der Waals surface area contributed by atoms with Crippen molar-refractivity contribution in [2.24, 2.45) is 0 Å². The van der Waals surface area contributed by atoms with Crippen LogP contribution in [0.3, 0.4) is 0 Å². The molecule has 2 heterocycles. The lowest BCUT2D eigenvalue weighted by atomic mass is 9.95. The fraction of sp³-hybridized carbons (Fsp3) is 0.591. The number of methoxy groups -OCH3 is 1. The normalized spacial score (nSPS) is 17.5. The zero-order valence-electron chi connectivity index (χ0n) is 18.1. The van der Waals surface area contributed by atoms with Crippen LogP contribution in [0.5, 0.6) is 5.75 Å². The molecule has 1 aromatic heterocycles. The van der Waals surface area contributed by atoms with Gasteiger partial charge in [0.05, 0.1) is 32.6 Å². The fourth-order valence-electron chi connectivity index (χ4n) is 4.18. The van der Waals surface area contributed by atoms with Gasteiger partial charge >= 0.3 is 0 Å². The second kappa shape index (κ2) is 10.9. The lowest BCUT2D eigenvalue weighted by molar-refractivity contribution is -0.132. The lowest BCUT2D eigenvalue weighted by Crippen LogP contribution is -2.41. The molecular weight excluding hydrogens is 414 g/mol. The van der Waals surface area contributed by atoms with E-state index in [1.165, 1.54) is 31.0 Å². The summed E-state index contributed by atoms with van der Waals surface area (Å²) in [5, 5.41) is 13.3. The van der Waals surface area contributed by atoms with Crippen LogP contribution in [-0.2, 0) is 16.1 Å². The standard InChI is InChI=1S/C22H31N5O3S/c1-29-19-9-5-6-17(14-19)23-15-20-24-25-22(27(20)18-7-3-2-4-8-18)31-16-21(28)26-10-12-30-13-11-26/h5-6,9,14,18,23H,2-4,7-8,10-13,15-16H2,1H3. The molecule has 2 aliphatic rings. The van der Waals surface area contributed by atoms with Crippen LogP contribution in [0.4, 0.5) is 5.69 Å². The van der Waals surface area contributed by atoms with Crippen molar-refractivity contribution in [2.75, 3.05) is 44.5 Å². The molecule has 1 aliphatic heterocycles. The molecule has 0 atom stereocenters. The predicted molar refractivity (Wildman–Crippen MR) is 121 cm³/mol. The third kappa shape index (κ3) is 5.71. The zero-order valence-corrected chi connectivity index (χ0v) is 18.9. The van der Waals surface area contributed by atoms with Crippen molar-refractivity contribution < 1.29 is 14.3 Å². The quantitative estimate of drug-likeness (QED) is 0.624. The van der Waals surface area contributed by atoms with Crippen LogP contribution < -0.4 is 10.1 Å². The van der Waals surface area contributed by atoms with E-state index in [1.54, 1.807) is 7.11 Å². The number of anilines is 1. The van der Waals surface area contributed by atoms with E-state index in [0.29, 0.717) is 44.6 Å². The molecule has 4 rings (SSSR count). The molecule has 31 heavy (non-hydrogen) atoms. The Bertz CT molecular complexity index is 863. The van der Waals surface area contributed by atoms with Gasteiger partial charge in [0.1, 0.15) is 5.75 Å². The first-order valence-electron chi connectivity index (χ1n) is 11.0. The summed E-state index contributed by atoms with van der Waals surface area (Å²) in [5.41, 5.74) is 0.981. The number of hydrogen-bond donors (Lipinski definition) is 1. The summed E-state index contributed by atoms with van der Waals surface area (Å²) in [6.07, 6.45) is 6.00. The van der Waals surface area contributed by atoms with E-state index in [0.717, 1.165) is 35.3 Å². The number of hydrogen-bond acceptors (Lipinski definition) is 7. The Hall–Kier alpha value is -2.26. The molecule has 1 N–H and O–H groups in total. The van der Waals surface area contributed by atoms with E-state index >= 15 is 0 Å². The highest BCUT2D eigenvalue weighted by atomic mass is 32.2. The zero-order chi connectivity index (χ0) is 21.5. The molecule has 0 radical (unpaired) electrons. The summed E-state index contributed by atoms with van der Waals surface area (Å²) in [5.74, 6) is 2.25. The molecule has 9 heteroatoms. The van der Waals surface area contributed by atoms with Crippen molar-refractivity contribution in [3.8, 4) is 5.75 Å². The number of amides is 1. The predicted octanol–water partition coefficient (Wildman–Crippen LogP) is 3.35. The monoisotopic (exact) mass is 445 g/mol. The SMILES string of the molecule is COc1cccc(NCc2nnc(SCC(=O)N3CCOCC3)n2C2CCCCC2)c1. The summed E-state index contributed by atoms with van der Waals surface area (Å²) in [6.45, 7) is 3.16. The Labute approximate surface area is 187 Å². The first-order valence-corrected chi connectivity index (χ1v) is 12.0. The van der Waals surface area contributed by atoms with Gasteiger partial charge < -0.3 is 24.3 Å². The molecule has 2 fully saturated rings. The second-order valence-electron chi connectivity index (χ2n) is 7.93. The topological polar surface area (TPSA) is 81.5 Å². The van der Waals surface area contributed by atoms with Crippen molar-refractivity contribution >= 4 is 23.4 Å². The fourth-order valence-corrected chi connectivity index (χ4v) is 5.10. The van der Waals surface area contributed by atoms with Gasteiger partial charge in [0.15, 0.2) is 11.0 Å². The summed E-state index contributed by atoms with van der Waals surface area (Å²) in [7, 11) is 1.67. The molecule has 1 saturated heterocycles. The lowest BCUT2D eigenvalue weighted by Gasteiger charge is -2.27. The van der Waals surface area contributed by atoms with Crippen LogP contribution in [-0.4, -0.2) is 64.7 Å². The van der Waals surface area contributed by atoms with Crippen molar-refractivity contribution in [3.05, 3.63) is 30.1 Å². The van der Waals surface area contributed by atoms with E-state index in [1.807, 2.05) is 29.2 Å². The minimum Gasteiger partial charge on any atom is -0.497 e. The van der Waals surface area contributed by atoms with Gasteiger partial charge in [-0.2, -0.15) is 0 Å². The van der Waals surface area contributed by atoms with Crippen molar-refractivity contribution in [1.82, 2.24) is 19.7 Å². The van der Waals surface area contributed by atoms with Crippen LogP contribution in [0, 0.1) is 0 Å². The van der Waals surface area contributed by atoms with Gasteiger partial charge in [-0.05, 0) is 25.0 Å². The van der Waals surface area contributed by atoms with Crippen LogP contribution in [0.2, 0.25) is 0 Å². The Morgan fingerprint density at radius 2 is 2.03 bits per heavy atom. The van der Waals surface area contributed by atoms with Gasteiger partial charge in [-0.3, -0.25) is 4.79 Å². The summed E-state index contributed by atoms with van der Waals surface area (Å²) >= 11 is 1.50. The average Bonchev–Trinajstić information content (AvgIpc) is 3.25. The van der Waals surface area contributed by atoms with Gasteiger partial charge in [0, 0.05) is 30.9 Å². The van der Waals surface area contributed by atoms with Crippen molar-refractivity contribution in [1.29, 1.82) is 0 Å².